The van der Waals surface area contributed by atoms with Crippen LogP contribution in [0.4, 0.5) is 0 Å². The van der Waals surface area contributed by atoms with Gasteiger partial charge in [0.05, 0.1) is 6.04 Å². The van der Waals surface area contributed by atoms with Gasteiger partial charge in [0, 0.05) is 13.7 Å². The molecule has 0 aromatic heterocycles. The average molecular weight is 248 g/mol. The van der Waals surface area contributed by atoms with Crippen molar-refractivity contribution in [2.45, 2.75) is 25.0 Å². The lowest BCUT2D eigenvalue weighted by atomic mass is 10.0. The molecule has 1 saturated carbocycles. The van der Waals surface area contributed by atoms with E-state index < -0.39 is 6.10 Å². The molecule has 0 aliphatic heterocycles. The van der Waals surface area contributed by atoms with Crippen LogP contribution in [0.5, 0.6) is 0 Å². The molecular formula is C14H20N2O2. The smallest absolute Gasteiger partial charge is 0.250 e. The van der Waals surface area contributed by atoms with E-state index in [1.807, 2.05) is 30.3 Å². The van der Waals surface area contributed by atoms with Gasteiger partial charge in [0.2, 0.25) is 0 Å². The van der Waals surface area contributed by atoms with E-state index in [-0.39, 0.29) is 18.5 Å². The van der Waals surface area contributed by atoms with Gasteiger partial charge in [-0.05, 0) is 24.3 Å². The molecule has 18 heavy (non-hydrogen) atoms. The second kappa shape index (κ2) is 5.98. The van der Waals surface area contributed by atoms with Crippen molar-refractivity contribution in [2.75, 3.05) is 13.7 Å². The molecule has 98 valence electrons. The third kappa shape index (κ3) is 3.09. The second-order valence-corrected chi connectivity index (χ2v) is 4.69. The summed E-state index contributed by atoms with van der Waals surface area (Å²) in [5, 5.41) is 3.05. The molecule has 1 fully saturated rings. The van der Waals surface area contributed by atoms with Gasteiger partial charge in [-0.3, -0.25) is 4.79 Å². The molecule has 1 aromatic rings. The lowest BCUT2D eigenvalue weighted by Crippen LogP contribution is -2.42. The monoisotopic (exact) mass is 248 g/mol. The zero-order chi connectivity index (χ0) is 13.0. The Balaban J connectivity index is 2.06. The van der Waals surface area contributed by atoms with Gasteiger partial charge >= 0.3 is 0 Å². The summed E-state index contributed by atoms with van der Waals surface area (Å²) in [6, 6.07) is 10.2. The molecule has 0 radical (unpaired) electrons. The Bertz CT molecular complexity index is 386. The Hall–Kier alpha value is -1.39. The first-order valence-electron chi connectivity index (χ1n) is 6.34. The zero-order valence-electron chi connectivity index (χ0n) is 10.6. The minimum Gasteiger partial charge on any atom is -0.370 e. The largest absolute Gasteiger partial charge is 0.370 e. The number of benzene rings is 1. The predicted octanol–water partition coefficient (Wildman–Crippen LogP) is 1.23. The molecule has 0 spiro atoms. The molecule has 4 nitrogen and oxygen atoms in total. The number of carbonyl (C=O) groups is 1. The number of ether oxygens (including phenoxy) is 1. The fourth-order valence-electron chi connectivity index (χ4n) is 2.12. The summed E-state index contributed by atoms with van der Waals surface area (Å²) in [4.78, 5) is 12.0. The molecule has 1 aromatic carbocycles. The van der Waals surface area contributed by atoms with E-state index in [0.717, 1.165) is 5.56 Å². The molecular weight excluding hydrogens is 228 g/mol. The SMILES string of the molecule is COC(CN)C(=O)NC(c1ccccc1)C1CC1. The number of nitrogens with one attached hydrogen (secondary N) is 1. The zero-order valence-corrected chi connectivity index (χ0v) is 10.6. The lowest BCUT2D eigenvalue weighted by Gasteiger charge is -2.21. The molecule has 2 atom stereocenters. The van der Waals surface area contributed by atoms with Crippen LogP contribution in [0.25, 0.3) is 0 Å². The maximum Gasteiger partial charge on any atom is 0.250 e. The molecule has 1 amide bonds. The van der Waals surface area contributed by atoms with Crippen LogP contribution in [0.15, 0.2) is 30.3 Å². The molecule has 3 N–H and O–H groups in total. The lowest BCUT2D eigenvalue weighted by molar-refractivity contribution is -0.131. The average Bonchev–Trinajstić information content (AvgIpc) is 3.23. The van der Waals surface area contributed by atoms with Crippen LogP contribution in [0.3, 0.4) is 0 Å². The molecule has 0 bridgehead atoms. The van der Waals surface area contributed by atoms with Crippen LogP contribution < -0.4 is 11.1 Å². The number of carbonyl (C=O) groups excluding carboxylic acids is 1. The van der Waals surface area contributed by atoms with E-state index >= 15 is 0 Å². The maximum absolute atomic E-state index is 12.0. The van der Waals surface area contributed by atoms with Crippen LogP contribution in [0.2, 0.25) is 0 Å². The van der Waals surface area contributed by atoms with Crippen LogP contribution >= 0.6 is 0 Å². The molecule has 4 heteroatoms. The summed E-state index contributed by atoms with van der Waals surface area (Å²) in [5.74, 6) is 0.424. The van der Waals surface area contributed by atoms with Gasteiger partial charge in [0.25, 0.3) is 5.91 Å². The Labute approximate surface area is 108 Å². The van der Waals surface area contributed by atoms with Crippen molar-refractivity contribution in [3.8, 4) is 0 Å². The Morgan fingerprint density at radius 1 is 1.44 bits per heavy atom. The molecule has 2 rings (SSSR count). The van der Waals surface area contributed by atoms with Crippen molar-refractivity contribution in [2.24, 2.45) is 11.7 Å². The van der Waals surface area contributed by atoms with Crippen molar-refractivity contribution in [3.05, 3.63) is 35.9 Å². The van der Waals surface area contributed by atoms with E-state index in [4.69, 9.17) is 10.5 Å². The van der Waals surface area contributed by atoms with Crippen LogP contribution in [0, 0.1) is 5.92 Å². The van der Waals surface area contributed by atoms with Crippen molar-refractivity contribution in [3.63, 3.8) is 0 Å². The van der Waals surface area contributed by atoms with Gasteiger partial charge in [0.1, 0.15) is 6.10 Å². The molecule has 0 heterocycles. The molecule has 2 unspecified atom stereocenters. The number of rotatable bonds is 6. The third-order valence-electron chi connectivity index (χ3n) is 3.34. The highest BCUT2D eigenvalue weighted by molar-refractivity contribution is 5.81. The molecule has 1 aliphatic rings. The predicted molar refractivity (Wildman–Crippen MR) is 69.9 cm³/mol. The minimum atomic E-state index is -0.560. The minimum absolute atomic E-state index is 0.0860. The van der Waals surface area contributed by atoms with Crippen molar-refractivity contribution < 1.29 is 9.53 Å². The Morgan fingerprint density at radius 2 is 2.11 bits per heavy atom. The quantitative estimate of drug-likeness (QED) is 0.795. The van der Waals surface area contributed by atoms with Gasteiger partial charge in [-0.2, -0.15) is 0 Å². The standard InChI is InChI=1S/C14H20N2O2/c1-18-12(9-15)14(17)16-13(11-7-8-11)10-5-3-2-4-6-10/h2-6,11-13H,7-9,15H2,1H3,(H,16,17). The molecule has 0 saturated heterocycles. The first kappa shape index (κ1) is 13.1. The van der Waals surface area contributed by atoms with Gasteiger partial charge in [-0.25, -0.2) is 0 Å². The first-order valence-corrected chi connectivity index (χ1v) is 6.34. The van der Waals surface area contributed by atoms with Crippen molar-refractivity contribution in [1.29, 1.82) is 0 Å². The summed E-state index contributed by atoms with van der Waals surface area (Å²) in [6.07, 6.45) is 1.77. The maximum atomic E-state index is 12.0. The van der Waals surface area contributed by atoms with E-state index in [2.05, 4.69) is 5.32 Å². The number of amides is 1. The first-order chi connectivity index (χ1) is 8.76. The van der Waals surface area contributed by atoms with E-state index in [1.54, 1.807) is 0 Å². The van der Waals surface area contributed by atoms with Crippen molar-refractivity contribution in [1.82, 2.24) is 5.32 Å². The molecule has 1 aliphatic carbocycles. The van der Waals surface area contributed by atoms with Crippen LogP contribution in [-0.4, -0.2) is 25.7 Å². The topological polar surface area (TPSA) is 64.3 Å². The second-order valence-electron chi connectivity index (χ2n) is 4.69. The third-order valence-corrected chi connectivity index (χ3v) is 3.34. The normalized spacial score (nSPS) is 18.1. The highest BCUT2D eigenvalue weighted by atomic mass is 16.5. The number of methoxy groups -OCH3 is 1. The summed E-state index contributed by atoms with van der Waals surface area (Å²) in [6.45, 7) is 0.203. The van der Waals surface area contributed by atoms with Gasteiger partial charge in [-0.15, -0.1) is 0 Å². The Kier molecular flexibility index (Phi) is 4.33. The number of hydrogen-bond donors (Lipinski definition) is 2. The number of hydrogen-bond acceptors (Lipinski definition) is 3. The Morgan fingerprint density at radius 3 is 2.61 bits per heavy atom. The fraction of sp³-hybridized carbons (Fsp3) is 0.500. The van der Waals surface area contributed by atoms with Crippen LogP contribution in [0.1, 0.15) is 24.4 Å². The van der Waals surface area contributed by atoms with E-state index in [0.29, 0.717) is 5.92 Å². The summed E-state index contributed by atoms with van der Waals surface area (Å²) < 4.78 is 5.06. The summed E-state index contributed by atoms with van der Waals surface area (Å²) in [7, 11) is 1.51. The summed E-state index contributed by atoms with van der Waals surface area (Å²) >= 11 is 0. The van der Waals surface area contributed by atoms with E-state index in [1.165, 1.54) is 20.0 Å². The van der Waals surface area contributed by atoms with Gasteiger partial charge < -0.3 is 15.8 Å². The van der Waals surface area contributed by atoms with Gasteiger partial charge in [-0.1, -0.05) is 30.3 Å². The summed E-state index contributed by atoms with van der Waals surface area (Å²) in [5.41, 5.74) is 6.66. The van der Waals surface area contributed by atoms with Crippen molar-refractivity contribution >= 4 is 5.91 Å². The van der Waals surface area contributed by atoms with Crippen LogP contribution in [-0.2, 0) is 9.53 Å². The van der Waals surface area contributed by atoms with Gasteiger partial charge in [0.15, 0.2) is 0 Å². The highest BCUT2D eigenvalue weighted by Crippen LogP contribution is 2.40. The van der Waals surface area contributed by atoms with E-state index in [9.17, 15) is 4.79 Å². The highest BCUT2D eigenvalue weighted by Gasteiger charge is 2.34. The number of nitrogens with two attached hydrogens (primary N) is 1. The fourth-order valence-corrected chi connectivity index (χ4v) is 2.12.